The van der Waals surface area contributed by atoms with Crippen molar-refractivity contribution in [3.8, 4) is 0 Å². The van der Waals surface area contributed by atoms with Gasteiger partial charge in [-0.15, -0.1) is 0 Å². The molecule has 3 aromatic rings. The smallest absolute Gasteiger partial charge is 0.249 e. The van der Waals surface area contributed by atoms with Gasteiger partial charge in [-0.1, -0.05) is 19.1 Å². The van der Waals surface area contributed by atoms with E-state index in [1.165, 1.54) is 12.2 Å². The number of rotatable bonds is 4. The van der Waals surface area contributed by atoms with E-state index in [2.05, 4.69) is 20.5 Å². The number of hydrogen-bond acceptors (Lipinski definition) is 4. The molecule has 2 aromatic heterocycles. The third-order valence-electron chi connectivity index (χ3n) is 2.95. The molecular weight excluding hydrogens is 268 g/mol. The molecule has 0 saturated heterocycles. The van der Waals surface area contributed by atoms with Crippen LogP contribution >= 0.6 is 0 Å². The molecule has 0 radical (unpaired) electrons. The maximum atomic E-state index is 11.8. The van der Waals surface area contributed by atoms with E-state index in [-0.39, 0.29) is 5.91 Å². The van der Waals surface area contributed by atoms with E-state index in [1.807, 2.05) is 31.2 Å². The molecule has 1 amide bonds. The topological polar surface area (TPSA) is 83.8 Å². The lowest BCUT2D eigenvalue weighted by Crippen LogP contribution is -2.07. The van der Waals surface area contributed by atoms with Crippen LogP contribution in [0, 0.1) is 0 Å². The quantitative estimate of drug-likeness (QED) is 0.721. The molecule has 0 aliphatic carbocycles. The molecule has 3 rings (SSSR count). The first kappa shape index (κ1) is 13.1. The maximum absolute atomic E-state index is 11.8. The predicted molar refractivity (Wildman–Crippen MR) is 79.6 cm³/mol. The summed E-state index contributed by atoms with van der Waals surface area (Å²) in [7, 11) is 0. The molecule has 6 nitrogen and oxygen atoms in total. The van der Waals surface area contributed by atoms with Crippen LogP contribution in [0.1, 0.15) is 18.5 Å². The van der Waals surface area contributed by atoms with Crippen LogP contribution in [0.2, 0.25) is 0 Å². The van der Waals surface area contributed by atoms with Crippen molar-refractivity contribution in [3.05, 3.63) is 48.0 Å². The molecule has 0 aliphatic rings. The van der Waals surface area contributed by atoms with Crippen molar-refractivity contribution in [2.75, 3.05) is 5.32 Å². The molecule has 0 fully saturated rings. The van der Waals surface area contributed by atoms with Gasteiger partial charge in [-0.05, 0) is 18.6 Å². The molecule has 0 saturated carbocycles. The van der Waals surface area contributed by atoms with E-state index in [0.29, 0.717) is 17.3 Å². The number of aromatic nitrogens is 3. The number of oxazole rings is 1. The van der Waals surface area contributed by atoms with Gasteiger partial charge in [0.25, 0.3) is 0 Å². The highest BCUT2D eigenvalue weighted by atomic mass is 16.3. The van der Waals surface area contributed by atoms with Gasteiger partial charge < -0.3 is 9.73 Å². The van der Waals surface area contributed by atoms with Crippen LogP contribution in [0.4, 0.5) is 5.82 Å². The van der Waals surface area contributed by atoms with Gasteiger partial charge in [-0.3, -0.25) is 9.89 Å². The fourth-order valence-electron chi connectivity index (χ4n) is 1.88. The number of nitrogens with zero attached hydrogens (tertiary/aromatic N) is 2. The number of H-pyrrole nitrogens is 1. The molecule has 2 heterocycles. The Bertz CT molecular complexity index is 768. The lowest BCUT2D eigenvalue weighted by atomic mass is 10.3. The van der Waals surface area contributed by atoms with Gasteiger partial charge in [0.1, 0.15) is 5.52 Å². The Morgan fingerprint density at radius 1 is 1.43 bits per heavy atom. The number of anilines is 1. The Hall–Kier alpha value is -2.89. The molecule has 21 heavy (non-hydrogen) atoms. The first-order valence-electron chi connectivity index (χ1n) is 6.63. The summed E-state index contributed by atoms with van der Waals surface area (Å²) in [4.78, 5) is 16.0. The second kappa shape index (κ2) is 5.62. The average molecular weight is 282 g/mol. The van der Waals surface area contributed by atoms with E-state index < -0.39 is 0 Å². The standard InChI is InChI=1S/C15H14N4O2/c1-2-10-9-13(19-18-10)17-14(20)7-8-15-16-11-5-3-4-6-12(11)21-15/h3-9H,2H2,1H3,(H2,17,18,19,20)/b8-7+. The summed E-state index contributed by atoms with van der Waals surface area (Å²) in [6, 6.07) is 9.23. The minimum Gasteiger partial charge on any atom is -0.437 e. The Labute approximate surface area is 120 Å². The molecule has 0 unspecified atom stereocenters. The minimum absolute atomic E-state index is 0.286. The van der Waals surface area contributed by atoms with Gasteiger partial charge in [0.2, 0.25) is 11.8 Å². The third kappa shape index (κ3) is 3.00. The minimum atomic E-state index is -0.286. The van der Waals surface area contributed by atoms with Gasteiger partial charge in [0.05, 0.1) is 0 Å². The summed E-state index contributed by atoms with van der Waals surface area (Å²) in [6.45, 7) is 2.01. The highest BCUT2D eigenvalue weighted by Gasteiger charge is 2.04. The Kier molecular flexibility index (Phi) is 3.51. The number of nitrogens with one attached hydrogen (secondary N) is 2. The highest BCUT2D eigenvalue weighted by molar-refractivity contribution is 6.01. The van der Waals surface area contributed by atoms with Crippen LogP contribution in [0.3, 0.4) is 0 Å². The van der Waals surface area contributed by atoms with E-state index >= 15 is 0 Å². The Balaban J connectivity index is 1.68. The van der Waals surface area contributed by atoms with E-state index in [9.17, 15) is 4.79 Å². The highest BCUT2D eigenvalue weighted by Crippen LogP contribution is 2.15. The zero-order chi connectivity index (χ0) is 14.7. The van der Waals surface area contributed by atoms with Crippen molar-refractivity contribution >= 4 is 28.9 Å². The number of fused-ring (bicyclic) bond motifs is 1. The SMILES string of the molecule is CCc1cc(NC(=O)/C=C/c2nc3ccccc3o2)n[nH]1. The number of benzene rings is 1. The lowest BCUT2D eigenvalue weighted by Gasteiger charge is -1.94. The normalized spacial score (nSPS) is 11.3. The molecule has 0 aliphatic heterocycles. The van der Waals surface area contributed by atoms with Gasteiger partial charge >= 0.3 is 0 Å². The van der Waals surface area contributed by atoms with Crippen molar-refractivity contribution in [3.63, 3.8) is 0 Å². The van der Waals surface area contributed by atoms with Crippen LogP contribution in [0.15, 0.2) is 40.8 Å². The lowest BCUT2D eigenvalue weighted by molar-refractivity contribution is -0.111. The van der Waals surface area contributed by atoms with Crippen molar-refractivity contribution in [1.29, 1.82) is 0 Å². The van der Waals surface area contributed by atoms with Crippen molar-refractivity contribution in [1.82, 2.24) is 15.2 Å². The number of carbonyl (C=O) groups is 1. The fraction of sp³-hybridized carbons (Fsp3) is 0.133. The second-order valence-corrected chi connectivity index (χ2v) is 4.47. The maximum Gasteiger partial charge on any atom is 0.249 e. The molecule has 0 bridgehead atoms. The van der Waals surface area contributed by atoms with Gasteiger partial charge in [-0.25, -0.2) is 4.98 Å². The number of aryl methyl sites for hydroxylation is 1. The van der Waals surface area contributed by atoms with Crippen molar-refractivity contribution < 1.29 is 9.21 Å². The zero-order valence-corrected chi connectivity index (χ0v) is 11.5. The molecular formula is C15H14N4O2. The Morgan fingerprint density at radius 3 is 3.05 bits per heavy atom. The monoisotopic (exact) mass is 282 g/mol. The van der Waals surface area contributed by atoms with E-state index in [4.69, 9.17) is 4.42 Å². The molecule has 0 atom stereocenters. The largest absolute Gasteiger partial charge is 0.437 e. The van der Waals surface area contributed by atoms with E-state index in [0.717, 1.165) is 17.6 Å². The average Bonchev–Trinajstić information content (AvgIpc) is 3.10. The third-order valence-corrected chi connectivity index (χ3v) is 2.95. The summed E-state index contributed by atoms with van der Waals surface area (Å²) >= 11 is 0. The number of aromatic amines is 1. The van der Waals surface area contributed by atoms with E-state index in [1.54, 1.807) is 6.07 Å². The number of hydrogen-bond donors (Lipinski definition) is 2. The van der Waals surface area contributed by atoms with Crippen LogP contribution < -0.4 is 5.32 Å². The van der Waals surface area contributed by atoms with Crippen LogP contribution in [0.5, 0.6) is 0 Å². The summed E-state index contributed by atoms with van der Waals surface area (Å²) in [6.07, 6.45) is 3.73. The van der Waals surface area contributed by atoms with Crippen LogP contribution in [-0.2, 0) is 11.2 Å². The molecule has 1 aromatic carbocycles. The molecule has 2 N–H and O–H groups in total. The number of carbonyl (C=O) groups excluding carboxylic acids is 1. The van der Waals surface area contributed by atoms with Crippen LogP contribution in [0.25, 0.3) is 17.2 Å². The first-order valence-corrected chi connectivity index (χ1v) is 6.63. The van der Waals surface area contributed by atoms with Gasteiger partial charge in [0, 0.05) is 23.9 Å². The summed E-state index contributed by atoms with van der Waals surface area (Å²) in [5.41, 5.74) is 2.42. The van der Waals surface area contributed by atoms with Crippen molar-refractivity contribution in [2.45, 2.75) is 13.3 Å². The van der Waals surface area contributed by atoms with Crippen molar-refractivity contribution in [2.24, 2.45) is 0 Å². The molecule has 106 valence electrons. The number of amides is 1. The summed E-state index contributed by atoms with van der Waals surface area (Å²) in [5, 5.41) is 9.48. The van der Waals surface area contributed by atoms with Gasteiger partial charge in [-0.2, -0.15) is 5.10 Å². The summed E-state index contributed by atoms with van der Waals surface area (Å²) in [5.74, 6) is 0.605. The fourth-order valence-corrected chi connectivity index (χ4v) is 1.88. The number of para-hydroxylation sites is 2. The summed E-state index contributed by atoms with van der Waals surface area (Å²) < 4.78 is 5.49. The zero-order valence-electron chi connectivity index (χ0n) is 11.5. The second-order valence-electron chi connectivity index (χ2n) is 4.47. The Morgan fingerprint density at radius 2 is 2.29 bits per heavy atom. The first-order chi connectivity index (χ1) is 10.2. The van der Waals surface area contributed by atoms with Crippen LogP contribution in [-0.4, -0.2) is 21.1 Å². The molecule has 6 heteroatoms. The predicted octanol–water partition coefficient (Wildman–Crippen LogP) is 2.77. The molecule has 0 spiro atoms. The van der Waals surface area contributed by atoms with Gasteiger partial charge in [0.15, 0.2) is 11.4 Å².